The molecule has 4 atom stereocenters. The van der Waals surface area contributed by atoms with Crippen LogP contribution in [0.5, 0.6) is 0 Å². The van der Waals surface area contributed by atoms with Crippen LogP contribution in [0.3, 0.4) is 0 Å². The van der Waals surface area contributed by atoms with E-state index in [0.29, 0.717) is 5.56 Å². The molecule has 100 valence electrons. The van der Waals surface area contributed by atoms with E-state index in [1.807, 2.05) is 43.3 Å². The normalized spacial score (nSPS) is 27.4. The zero-order valence-corrected chi connectivity index (χ0v) is 12.3. The third-order valence-electron chi connectivity index (χ3n) is 3.14. The molecule has 1 saturated heterocycles. The second-order valence-electron chi connectivity index (χ2n) is 5.63. The summed E-state index contributed by atoms with van der Waals surface area (Å²) in [5.74, 6) is 0. The van der Waals surface area contributed by atoms with E-state index in [0.717, 1.165) is 5.56 Å². The molecule has 0 spiro atoms. The van der Waals surface area contributed by atoms with Crippen molar-refractivity contribution in [3.63, 3.8) is 0 Å². The van der Waals surface area contributed by atoms with Crippen molar-refractivity contribution >= 4 is 11.0 Å². The van der Waals surface area contributed by atoms with Crippen molar-refractivity contribution in [3.8, 4) is 6.07 Å². The molecule has 2 rings (SSSR count). The minimum Gasteiger partial charge on any atom is -0.242 e. The number of hydrogen-bond acceptors (Lipinski definition) is 2. The van der Waals surface area contributed by atoms with E-state index in [1.54, 1.807) is 12.1 Å². The monoisotopic (exact) mass is 274 g/mol. The van der Waals surface area contributed by atoms with E-state index in [2.05, 4.69) is 12.6 Å². The van der Waals surface area contributed by atoms with Gasteiger partial charge in [-0.3, -0.25) is 0 Å². The zero-order valence-electron chi connectivity index (χ0n) is 11.5. The van der Waals surface area contributed by atoms with Gasteiger partial charge in [-0.25, -0.2) is 8.51 Å². The van der Waals surface area contributed by atoms with Crippen molar-refractivity contribution in [1.82, 2.24) is 4.31 Å². The molecule has 0 aliphatic carbocycles. The first-order valence-electron chi connectivity index (χ1n) is 6.23. The van der Waals surface area contributed by atoms with E-state index in [4.69, 9.17) is 5.26 Å². The van der Waals surface area contributed by atoms with Crippen molar-refractivity contribution in [2.45, 2.75) is 37.6 Å². The molecular formula is C15H18N2OS. The van der Waals surface area contributed by atoms with E-state index in [9.17, 15) is 4.21 Å². The lowest BCUT2D eigenvalue weighted by atomic mass is 10.1. The van der Waals surface area contributed by atoms with Crippen molar-refractivity contribution in [1.29, 1.82) is 5.26 Å². The molecule has 2 unspecified atom stereocenters. The van der Waals surface area contributed by atoms with Gasteiger partial charge in [0.15, 0.2) is 0 Å². The highest BCUT2D eigenvalue weighted by atomic mass is 32.2. The standard InChI is InChI=1S/C15H18N2OS/c1-5-13-14(17(13)19(18)15(2,3)4)12-8-6-11(10-16)7-9-12/h5-9,13-14H,1H2,2-4H3/t13-,14-,17?,19?/m1/s1. The van der Waals surface area contributed by atoms with Crippen LogP contribution in [-0.4, -0.2) is 19.3 Å². The van der Waals surface area contributed by atoms with Gasteiger partial charge < -0.3 is 0 Å². The Balaban J connectivity index is 2.23. The molecule has 0 radical (unpaired) electrons. The van der Waals surface area contributed by atoms with Crippen molar-refractivity contribution in [2.24, 2.45) is 0 Å². The van der Waals surface area contributed by atoms with Crippen LogP contribution in [0.15, 0.2) is 36.9 Å². The van der Waals surface area contributed by atoms with Gasteiger partial charge >= 0.3 is 0 Å². The molecule has 1 fully saturated rings. The topological polar surface area (TPSA) is 43.9 Å². The fourth-order valence-corrected chi connectivity index (χ4v) is 3.54. The summed E-state index contributed by atoms with van der Waals surface area (Å²) in [5, 5.41) is 8.80. The van der Waals surface area contributed by atoms with Gasteiger partial charge in [-0.15, -0.1) is 6.58 Å². The highest BCUT2D eigenvalue weighted by Gasteiger charge is 2.52. The highest BCUT2D eigenvalue weighted by molar-refractivity contribution is 7.84. The molecule has 3 nitrogen and oxygen atoms in total. The van der Waals surface area contributed by atoms with Crippen LogP contribution in [0.4, 0.5) is 0 Å². The fraction of sp³-hybridized carbons (Fsp3) is 0.400. The summed E-state index contributed by atoms with van der Waals surface area (Å²) in [4.78, 5) is 0. The Hall–Kier alpha value is -1.44. The number of nitriles is 1. The lowest BCUT2D eigenvalue weighted by Crippen LogP contribution is -2.28. The van der Waals surface area contributed by atoms with Gasteiger partial charge in [-0.1, -0.05) is 18.2 Å². The highest BCUT2D eigenvalue weighted by Crippen LogP contribution is 2.47. The predicted molar refractivity (Wildman–Crippen MR) is 77.6 cm³/mol. The Bertz CT molecular complexity index is 551. The molecule has 1 aliphatic heterocycles. The maximum Gasteiger partial charge on any atom is 0.101 e. The van der Waals surface area contributed by atoms with Gasteiger partial charge in [-0.05, 0) is 38.5 Å². The van der Waals surface area contributed by atoms with E-state index < -0.39 is 11.0 Å². The second-order valence-corrected chi connectivity index (χ2v) is 7.77. The van der Waals surface area contributed by atoms with E-state index in [1.165, 1.54) is 0 Å². The molecule has 0 aromatic heterocycles. The summed E-state index contributed by atoms with van der Waals surface area (Å²) in [6.07, 6.45) is 1.84. The van der Waals surface area contributed by atoms with E-state index in [-0.39, 0.29) is 16.8 Å². The summed E-state index contributed by atoms with van der Waals surface area (Å²) in [6, 6.07) is 9.79. The Morgan fingerprint density at radius 3 is 2.37 bits per heavy atom. The SMILES string of the molecule is C=C[C@@H]1[C@@H](c2ccc(C#N)cc2)N1S(=O)C(C)(C)C. The van der Waals surface area contributed by atoms with Crippen molar-refractivity contribution in [3.05, 3.63) is 48.0 Å². The smallest absolute Gasteiger partial charge is 0.101 e. The zero-order chi connectivity index (χ0) is 14.2. The lowest BCUT2D eigenvalue weighted by molar-refractivity contribution is 0.603. The first-order chi connectivity index (χ1) is 8.90. The molecule has 0 N–H and O–H groups in total. The van der Waals surface area contributed by atoms with Gasteiger partial charge in [0.1, 0.15) is 11.0 Å². The van der Waals surface area contributed by atoms with Crippen LogP contribution < -0.4 is 0 Å². The summed E-state index contributed by atoms with van der Waals surface area (Å²) in [7, 11) is -1.05. The molecule has 1 aromatic carbocycles. The van der Waals surface area contributed by atoms with Gasteiger partial charge in [0.25, 0.3) is 0 Å². The molecule has 4 heteroatoms. The molecule has 1 aromatic rings. The number of benzene rings is 1. The Morgan fingerprint density at radius 1 is 1.37 bits per heavy atom. The average Bonchev–Trinajstić information content (AvgIpc) is 3.11. The summed E-state index contributed by atoms with van der Waals surface area (Å²) in [6.45, 7) is 9.73. The van der Waals surface area contributed by atoms with Crippen LogP contribution in [0.1, 0.15) is 37.9 Å². The largest absolute Gasteiger partial charge is 0.242 e. The van der Waals surface area contributed by atoms with Gasteiger partial charge in [0.05, 0.1) is 28.5 Å². The summed E-state index contributed by atoms with van der Waals surface area (Å²) >= 11 is 0. The molecular weight excluding hydrogens is 256 g/mol. The number of hydrogen-bond donors (Lipinski definition) is 0. The predicted octanol–water partition coefficient (Wildman–Crippen LogP) is 2.93. The molecule has 1 heterocycles. The van der Waals surface area contributed by atoms with Crippen molar-refractivity contribution < 1.29 is 4.21 Å². The number of rotatable bonds is 3. The van der Waals surface area contributed by atoms with Gasteiger partial charge in [0.2, 0.25) is 0 Å². The Morgan fingerprint density at radius 2 is 1.95 bits per heavy atom. The third-order valence-corrected chi connectivity index (χ3v) is 5.04. The first kappa shape index (κ1) is 14.0. The van der Waals surface area contributed by atoms with Crippen LogP contribution in [0, 0.1) is 11.3 Å². The number of nitrogens with zero attached hydrogens (tertiary/aromatic N) is 2. The summed E-state index contributed by atoms with van der Waals surface area (Å²) in [5.41, 5.74) is 1.73. The maximum absolute atomic E-state index is 12.4. The average molecular weight is 274 g/mol. The molecule has 0 bridgehead atoms. The Kier molecular flexibility index (Phi) is 3.62. The van der Waals surface area contributed by atoms with Crippen LogP contribution in [-0.2, 0) is 11.0 Å². The molecule has 0 saturated carbocycles. The van der Waals surface area contributed by atoms with Gasteiger partial charge in [-0.2, -0.15) is 5.26 Å². The fourth-order valence-electron chi connectivity index (χ4n) is 2.09. The molecule has 0 amide bonds. The van der Waals surface area contributed by atoms with Crippen LogP contribution in [0.2, 0.25) is 0 Å². The lowest BCUT2D eigenvalue weighted by Gasteiger charge is -2.18. The molecule has 1 aliphatic rings. The third kappa shape index (κ3) is 2.63. The summed E-state index contributed by atoms with van der Waals surface area (Å²) < 4.78 is 14.1. The minimum absolute atomic E-state index is 0.116. The van der Waals surface area contributed by atoms with Crippen molar-refractivity contribution in [2.75, 3.05) is 0 Å². The quantitative estimate of drug-likeness (QED) is 0.628. The second kappa shape index (κ2) is 4.92. The van der Waals surface area contributed by atoms with Crippen LogP contribution in [0.25, 0.3) is 0 Å². The minimum atomic E-state index is -1.05. The molecule has 19 heavy (non-hydrogen) atoms. The van der Waals surface area contributed by atoms with Crippen LogP contribution >= 0.6 is 0 Å². The maximum atomic E-state index is 12.4. The first-order valence-corrected chi connectivity index (χ1v) is 7.34. The van der Waals surface area contributed by atoms with Gasteiger partial charge in [0, 0.05) is 0 Å². The van der Waals surface area contributed by atoms with E-state index >= 15 is 0 Å². The Labute approximate surface area is 117 Å².